The van der Waals surface area contributed by atoms with Gasteiger partial charge in [-0.1, -0.05) is 54.7 Å². The average molecular weight is 1460 g/mol. The van der Waals surface area contributed by atoms with Crippen LogP contribution in [0.4, 0.5) is 51.6 Å². The van der Waals surface area contributed by atoms with Gasteiger partial charge in [0.2, 0.25) is 6.23 Å². The second kappa shape index (κ2) is 30.3. The van der Waals surface area contributed by atoms with E-state index in [1.807, 2.05) is 90.4 Å². The molecule has 3 aromatic carbocycles. The maximum absolute atomic E-state index is 10.6. The molecule has 0 spiro atoms. The largest absolute Gasteiger partial charge is 0.507 e. The van der Waals surface area contributed by atoms with Crippen molar-refractivity contribution in [3.63, 3.8) is 0 Å². The SMILES string of the molecule is Nc1nnc(-c2ccccc2O)cc1N1CC2CCC(C1)N2c1ccnc(C#CC(Oc2ccccc2-c2cc(N3CC4CCC(C3)N4c3ccnc(C#CC4CCCN4Oc4ccccc4-c4cc(N5CC6CCC(C5)N6c5ccnc(C#CCC6CCCCN6)c5)c(N)nn4)c3)c(N)nn2)N2CCC(N)C2)c1. The summed E-state index contributed by atoms with van der Waals surface area (Å²) in [4.78, 5) is 37.9. The second-order valence-corrected chi connectivity index (χ2v) is 30.4. The van der Waals surface area contributed by atoms with Crippen LogP contribution in [0.5, 0.6) is 17.2 Å². The number of phenols is 1. The molecular weight excluding hydrogens is 1370 g/mol. The van der Waals surface area contributed by atoms with Gasteiger partial charge in [-0.25, -0.2) is 15.0 Å². The molecule has 6 bridgehead atoms. The van der Waals surface area contributed by atoms with Crippen LogP contribution in [0.2, 0.25) is 0 Å². The molecule has 18 rings (SSSR count). The van der Waals surface area contributed by atoms with E-state index in [2.05, 4.69) is 154 Å². The first kappa shape index (κ1) is 69.2. The van der Waals surface area contributed by atoms with Gasteiger partial charge in [0.05, 0.1) is 34.1 Å². The van der Waals surface area contributed by atoms with E-state index in [1.54, 1.807) is 12.1 Å². The number of ether oxygens (including phenoxy) is 1. The number of aromatic hydroxyl groups is 1. The zero-order chi connectivity index (χ0) is 73.5. The fourth-order valence-electron chi connectivity index (χ4n) is 18.2. The molecule has 10 unspecified atom stereocenters. The molecule has 6 aromatic heterocycles. The molecular formula is C84H90N22O3. The Morgan fingerprint density at radius 2 is 0.954 bits per heavy atom. The van der Waals surface area contributed by atoms with Crippen LogP contribution in [0.15, 0.2) is 146 Å². The number of benzene rings is 3. The van der Waals surface area contributed by atoms with Gasteiger partial charge in [-0.2, -0.15) is 0 Å². The van der Waals surface area contributed by atoms with Gasteiger partial charge in [0, 0.05) is 166 Å². The lowest BCUT2D eigenvalue weighted by Gasteiger charge is -2.43. The van der Waals surface area contributed by atoms with E-state index >= 15 is 0 Å². The van der Waals surface area contributed by atoms with Gasteiger partial charge in [-0.05, 0) is 192 Å². The number of phenolic OH excluding ortho intramolecular Hbond substituents is 1. The highest BCUT2D eigenvalue weighted by atomic mass is 16.7. The standard InChI is InChI=1S/C84H90N22O3/c85-54-34-40-99(47-54)81(30-22-58-43-62(33-38-92-58)106-65-26-27-66(106)49-100(48-65)75-44-72(93-96-82(75)86)69-15-1-4-18-78(69)107)108-79-19-5-2-16-70(79)73-45-76(83(87)97-94-73)101-52-67-28-29-68(53-101)105(67)61-32-37-91-57(42-61)21-23-59-14-10-39-103(59)109-80-20-6-3-17-71(80)74-46-77(84(88)98-95-74)102-50-63-24-25-64(51-102)104(63)60-31-36-90-56(41-60)13-9-12-55-11-7-8-35-89-55/h1-6,15-20,31-33,36-38,41-46,54-55,59,63-68,81,89,107H,7-8,10-12,14,24-29,34-35,39-40,47-53,85H2,(H2,86,96)(H2,87,97)(H2,88,98). The summed E-state index contributed by atoms with van der Waals surface area (Å²) in [6.07, 6.45) is 18.4. The highest BCUT2D eigenvalue weighted by Gasteiger charge is 2.44. The van der Waals surface area contributed by atoms with E-state index in [4.69, 9.17) is 47.6 Å². The van der Waals surface area contributed by atoms with Gasteiger partial charge in [-0.15, -0.1) is 35.7 Å². The molecule has 25 heteroatoms. The maximum atomic E-state index is 10.6. The number of nitrogen functional groups attached to an aromatic ring is 3. The third-order valence-electron chi connectivity index (χ3n) is 23.4. The molecule has 9 aromatic rings. The minimum Gasteiger partial charge on any atom is -0.507 e. The van der Waals surface area contributed by atoms with Gasteiger partial charge in [0.1, 0.15) is 34.6 Å². The number of hydroxylamine groups is 2. The molecule has 9 saturated heterocycles. The minimum absolute atomic E-state index is 0.00634. The van der Waals surface area contributed by atoms with Crippen molar-refractivity contribution >= 4 is 51.6 Å². The van der Waals surface area contributed by atoms with Gasteiger partial charge in [-0.3, -0.25) is 4.90 Å². The number of nitrogens with two attached hydrogens (primary N) is 4. The van der Waals surface area contributed by atoms with Crippen molar-refractivity contribution < 1.29 is 14.7 Å². The van der Waals surface area contributed by atoms with Crippen LogP contribution in [0.1, 0.15) is 101 Å². The lowest BCUT2D eigenvalue weighted by atomic mass is 10.0. The number of anilines is 9. The Bertz CT molecular complexity index is 5020. The molecule has 0 saturated carbocycles. The Labute approximate surface area is 635 Å². The molecule has 25 nitrogen and oxygen atoms in total. The summed E-state index contributed by atoms with van der Waals surface area (Å²) >= 11 is 0. The van der Waals surface area contributed by atoms with E-state index in [0.717, 1.165) is 168 Å². The third-order valence-corrected chi connectivity index (χ3v) is 23.4. The average Bonchev–Trinajstić information content (AvgIpc) is 1.68. The molecule has 0 amide bonds. The summed E-state index contributed by atoms with van der Waals surface area (Å²) in [5, 5.41) is 43.4. The number of fused-ring (bicyclic) bond motifs is 6. The van der Waals surface area contributed by atoms with Crippen LogP contribution in [0.3, 0.4) is 0 Å². The third kappa shape index (κ3) is 14.4. The van der Waals surface area contributed by atoms with Crippen molar-refractivity contribution in [1.29, 1.82) is 0 Å². The molecule has 9 aliphatic rings. The minimum atomic E-state index is -0.637. The number of nitrogens with zero attached hydrogens (tertiary/aromatic N) is 17. The van der Waals surface area contributed by atoms with Gasteiger partial charge in [0.15, 0.2) is 23.2 Å². The van der Waals surface area contributed by atoms with Crippen molar-refractivity contribution in [3.8, 4) is 86.5 Å². The van der Waals surface area contributed by atoms with Crippen molar-refractivity contribution in [2.45, 2.75) is 144 Å². The highest BCUT2D eigenvalue weighted by Crippen LogP contribution is 2.44. The molecule has 0 radical (unpaired) electrons. The number of para-hydroxylation sites is 3. The second-order valence-electron chi connectivity index (χ2n) is 30.4. The molecule has 10 atom stereocenters. The first-order valence-corrected chi connectivity index (χ1v) is 38.7. The van der Waals surface area contributed by atoms with Crippen LogP contribution < -0.4 is 67.2 Å². The topological polar surface area (TPSA) is 297 Å². The normalized spacial score (nSPS) is 23.9. The Hall–Kier alpha value is -11.5. The van der Waals surface area contributed by atoms with E-state index < -0.39 is 6.23 Å². The number of piperidine rings is 1. The number of nitrogens with one attached hydrogen (secondary N) is 1. The van der Waals surface area contributed by atoms with Crippen LogP contribution in [0.25, 0.3) is 33.8 Å². The van der Waals surface area contributed by atoms with Crippen molar-refractivity contribution in [3.05, 3.63) is 163 Å². The number of pyridine rings is 3. The highest BCUT2D eigenvalue weighted by molar-refractivity contribution is 5.78. The van der Waals surface area contributed by atoms with Gasteiger partial charge >= 0.3 is 0 Å². The van der Waals surface area contributed by atoms with Gasteiger partial charge in [0.25, 0.3) is 0 Å². The Kier molecular flexibility index (Phi) is 19.2. The molecule has 15 heterocycles. The Morgan fingerprint density at radius 3 is 1.46 bits per heavy atom. The number of hydrogen-bond acceptors (Lipinski definition) is 25. The maximum Gasteiger partial charge on any atom is 0.216 e. The number of likely N-dealkylation sites (tertiary alicyclic amines) is 1. The van der Waals surface area contributed by atoms with Crippen LogP contribution in [-0.4, -0.2) is 187 Å². The van der Waals surface area contributed by atoms with Crippen molar-refractivity contribution in [2.24, 2.45) is 5.73 Å². The van der Waals surface area contributed by atoms with Gasteiger partial charge < -0.3 is 72.3 Å². The first-order valence-electron chi connectivity index (χ1n) is 38.7. The predicted octanol–water partition coefficient (Wildman–Crippen LogP) is 8.75. The summed E-state index contributed by atoms with van der Waals surface area (Å²) in [7, 11) is 0. The first-order chi connectivity index (χ1) is 53.5. The zero-order valence-electron chi connectivity index (χ0n) is 61.1. The Balaban J connectivity index is 0.520. The molecule has 9 fully saturated rings. The van der Waals surface area contributed by atoms with Crippen LogP contribution in [-0.2, 0) is 0 Å². The van der Waals surface area contributed by atoms with E-state index in [9.17, 15) is 5.11 Å². The molecule has 109 heavy (non-hydrogen) atoms. The molecule has 0 aliphatic carbocycles. The van der Waals surface area contributed by atoms with Crippen LogP contribution >= 0.6 is 0 Å². The predicted molar refractivity (Wildman–Crippen MR) is 424 cm³/mol. The number of hydrogen-bond donors (Lipinski definition) is 6. The number of rotatable bonds is 15. The smallest absolute Gasteiger partial charge is 0.216 e. The lowest BCUT2D eigenvalue weighted by molar-refractivity contribution is -0.0535. The number of aromatic nitrogens is 9. The summed E-state index contributed by atoms with van der Waals surface area (Å²) in [5.41, 5.74) is 38.8. The fourth-order valence-corrected chi connectivity index (χ4v) is 18.2. The van der Waals surface area contributed by atoms with Crippen LogP contribution in [0, 0.1) is 35.5 Å². The lowest BCUT2D eigenvalue weighted by Crippen LogP contribution is -2.54. The van der Waals surface area contributed by atoms with Crippen molar-refractivity contribution in [1.82, 2.24) is 60.8 Å². The summed E-state index contributed by atoms with van der Waals surface area (Å²) < 4.78 is 7.00. The van der Waals surface area contributed by atoms with Crippen molar-refractivity contribution in [2.75, 3.05) is 112 Å². The quantitative estimate of drug-likeness (QED) is 0.0523. The monoisotopic (exact) mass is 1450 g/mol. The number of piperazine rings is 3. The summed E-state index contributed by atoms with van der Waals surface area (Å²) in [6.45, 7) is 7.77. The summed E-state index contributed by atoms with van der Waals surface area (Å²) in [6, 6.07) is 43.7. The zero-order valence-corrected chi connectivity index (χ0v) is 61.1. The Morgan fingerprint density at radius 1 is 0.477 bits per heavy atom. The molecule has 554 valence electrons. The van der Waals surface area contributed by atoms with E-state index in [1.165, 1.54) is 24.9 Å². The molecule has 10 N–H and O–H groups in total. The molecule has 9 aliphatic heterocycles. The van der Waals surface area contributed by atoms with E-state index in [0.29, 0.717) is 87.7 Å². The summed E-state index contributed by atoms with van der Waals surface area (Å²) in [5.74, 6) is 23.3. The van der Waals surface area contributed by atoms with E-state index in [-0.39, 0.29) is 42.0 Å². The fraction of sp³-hybridized carbons (Fsp3) is 0.393.